The van der Waals surface area contributed by atoms with E-state index in [9.17, 15) is 14.4 Å². The summed E-state index contributed by atoms with van der Waals surface area (Å²) in [4.78, 5) is 38.1. The number of hydrogen-bond donors (Lipinski definition) is 3. The van der Waals surface area contributed by atoms with Crippen molar-refractivity contribution < 1.29 is 14.4 Å². The van der Waals surface area contributed by atoms with Crippen LogP contribution in [0.5, 0.6) is 0 Å². The molecule has 1 atom stereocenters. The van der Waals surface area contributed by atoms with Crippen LogP contribution in [0.15, 0.2) is 18.2 Å². The van der Waals surface area contributed by atoms with Crippen LogP contribution in [-0.2, 0) is 22.7 Å². The second-order valence-electron chi connectivity index (χ2n) is 9.53. The first-order valence-corrected chi connectivity index (χ1v) is 11.5. The lowest BCUT2D eigenvalue weighted by molar-refractivity contribution is -0.136. The summed E-state index contributed by atoms with van der Waals surface area (Å²) >= 11 is 0. The Morgan fingerprint density at radius 2 is 1.87 bits per heavy atom. The highest BCUT2D eigenvalue weighted by atomic mass is 16.2. The predicted molar refractivity (Wildman–Crippen MR) is 120 cm³/mol. The number of piperidine rings is 1. The molecule has 170 valence electrons. The number of carbonyl (C=O) groups excluding carboxylic acids is 3. The number of fused-ring (bicyclic) bond motifs is 1. The normalized spacial score (nSPS) is 19.0. The molecule has 0 aromatic heterocycles. The minimum atomic E-state index is -0.566. The van der Waals surface area contributed by atoms with Crippen LogP contribution in [0, 0.1) is 0 Å². The summed E-state index contributed by atoms with van der Waals surface area (Å²) in [6, 6.07) is 5.21. The second kappa shape index (κ2) is 10.4. The zero-order valence-electron chi connectivity index (χ0n) is 18.8. The molecule has 0 aliphatic carbocycles. The van der Waals surface area contributed by atoms with Gasteiger partial charge < -0.3 is 16.0 Å². The van der Waals surface area contributed by atoms with Crippen LogP contribution in [-0.4, -0.2) is 40.7 Å². The van der Waals surface area contributed by atoms with Gasteiger partial charge >= 0.3 is 0 Å². The van der Waals surface area contributed by atoms with Crippen LogP contribution in [0.2, 0.25) is 0 Å². The smallest absolute Gasteiger partial charge is 0.255 e. The summed E-state index contributed by atoms with van der Waals surface area (Å²) in [5, 5.41) is 5.85. The second-order valence-corrected chi connectivity index (χ2v) is 9.53. The molecule has 31 heavy (non-hydrogen) atoms. The number of nitrogens with one attached hydrogen (secondary N) is 2. The van der Waals surface area contributed by atoms with Crippen molar-refractivity contribution in [1.29, 1.82) is 0 Å². The van der Waals surface area contributed by atoms with Crippen LogP contribution in [0.1, 0.15) is 86.7 Å². The predicted octanol–water partition coefficient (Wildman–Crippen LogP) is 2.62. The molecule has 1 aromatic carbocycles. The maximum atomic E-state index is 12.9. The minimum Gasteiger partial charge on any atom is -0.326 e. The molecule has 0 radical (unpaired) electrons. The van der Waals surface area contributed by atoms with Crippen LogP contribution in [0.25, 0.3) is 0 Å². The van der Waals surface area contributed by atoms with Crippen molar-refractivity contribution in [3.63, 3.8) is 0 Å². The number of nitrogens with two attached hydrogens (primary N) is 1. The average molecular weight is 429 g/mol. The van der Waals surface area contributed by atoms with Gasteiger partial charge in [0.1, 0.15) is 6.04 Å². The average Bonchev–Trinajstić information content (AvgIpc) is 3.03. The van der Waals surface area contributed by atoms with Gasteiger partial charge in [0.2, 0.25) is 11.8 Å². The fraction of sp³-hybridized carbons (Fsp3) is 0.625. The Hall–Kier alpha value is -2.25. The van der Waals surface area contributed by atoms with Gasteiger partial charge in [0.15, 0.2) is 0 Å². The monoisotopic (exact) mass is 428 g/mol. The van der Waals surface area contributed by atoms with Gasteiger partial charge in [0.25, 0.3) is 5.91 Å². The number of imide groups is 1. The first-order valence-electron chi connectivity index (χ1n) is 11.5. The van der Waals surface area contributed by atoms with Crippen molar-refractivity contribution in [1.82, 2.24) is 15.5 Å². The Kier molecular flexibility index (Phi) is 7.84. The van der Waals surface area contributed by atoms with Crippen molar-refractivity contribution in [3.05, 3.63) is 34.9 Å². The van der Waals surface area contributed by atoms with Gasteiger partial charge in [-0.25, -0.2) is 0 Å². The Morgan fingerprint density at radius 3 is 2.61 bits per heavy atom. The first kappa shape index (κ1) is 23.4. The number of rotatable bonds is 11. The third-order valence-corrected chi connectivity index (χ3v) is 6.17. The van der Waals surface area contributed by atoms with E-state index in [-0.39, 0.29) is 29.7 Å². The van der Waals surface area contributed by atoms with Crippen molar-refractivity contribution in [3.8, 4) is 0 Å². The maximum Gasteiger partial charge on any atom is 0.255 e. The van der Waals surface area contributed by atoms with E-state index in [0.29, 0.717) is 25.1 Å². The fourth-order valence-corrected chi connectivity index (χ4v) is 4.40. The molecule has 1 aromatic rings. The summed E-state index contributed by atoms with van der Waals surface area (Å²) in [5.74, 6) is -0.752. The molecule has 7 nitrogen and oxygen atoms in total. The quantitative estimate of drug-likeness (QED) is 0.371. The summed E-state index contributed by atoms with van der Waals surface area (Å²) in [6.07, 6.45) is 7.70. The lowest BCUT2D eigenvalue weighted by atomic mass is 9.97. The van der Waals surface area contributed by atoms with Gasteiger partial charge in [0.05, 0.1) is 0 Å². The molecule has 1 fully saturated rings. The maximum absolute atomic E-state index is 12.9. The Balaban J connectivity index is 1.43. The molecule has 0 saturated carbocycles. The number of benzene rings is 1. The highest BCUT2D eigenvalue weighted by molar-refractivity contribution is 6.05. The van der Waals surface area contributed by atoms with Gasteiger partial charge in [0, 0.05) is 30.6 Å². The molecule has 2 heterocycles. The molecule has 0 spiro atoms. The van der Waals surface area contributed by atoms with Crippen molar-refractivity contribution in [2.45, 2.75) is 89.9 Å². The molecular formula is C24H36N4O3. The number of nitrogens with zero attached hydrogens (tertiary/aromatic N) is 1. The summed E-state index contributed by atoms with van der Waals surface area (Å²) in [7, 11) is 0. The molecule has 2 aliphatic rings. The van der Waals surface area contributed by atoms with Gasteiger partial charge in [-0.2, -0.15) is 0 Å². The van der Waals surface area contributed by atoms with E-state index in [1.807, 2.05) is 18.2 Å². The van der Waals surface area contributed by atoms with Crippen molar-refractivity contribution in [2.75, 3.05) is 6.54 Å². The molecule has 3 amide bonds. The third kappa shape index (κ3) is 6.37. The molecule has 1 unspecified atom stereocenters. The van der Waals surface area contributed by atoms with E-state index in [1.165, 1.54) is 25.7 Å². The standard InChI is InChI=1S/C24H36N4O3/c1-24(2,25)13-6-4-3-5-7-14-26-15-17-9-8-10-18-19(17)16-28(23(18)31)20-11-12-21(29)27-22(20)30/h8-10,20,26H,3-7,11-16,25H2,1-2H3,(H,27,29,30). The lowest BCUT2D eigenvalue weighted by Gasteiger charge is -2.29. The van der Waals surface area contributed by atoms with Crippen LogP contribution < -0.4 is 16.4 Å². The third-order valence-electron chi connectivity index (χ3n) is 6.17. The molecule has 0 bridgehead atoms. The van der Waals surface area contributed by atoms with Crippen LogP contribution in [0.4, 0.5) is 0 Å². The molecule has 7 heteroatoms. The van der Waals surface area contributed by atoms with Crippen molar-refractivity contribution >= 4 is 17.7 Å². The Bertz CT molecular complexity index is 816. The largest absolute Gasteiger partial charge is 0.326 e. The Morgan fingerprint density at radius 1 is 1.13 bits per heavy atom. The Labute approximate surface area is 185 Å². The van der Waals surface area contributed by atoms with E-state index in [0.717, 1.165) is 30.5 Å². The fourth-order valence-electron chi connectivity index (χ4n) is 4.40. The number of amides is 3. The summed E-state index contributed by atoms with van der Waals surface area (Å²) in [5.41, 5.74) is 8.72. The highest BCUT2D eigenvalue weighted by Gasteiger charge is 2.39. The number of carbonyl (C=O) groups is 3. The van der Waals surface area contributed by atoms with Crippen LogP contribution in [0.3, 0.4) is 0 Å². The van der Waals surface area contributed by atoms with Gasteiger partial charge in [-0.1, -0.05) is 37.8 Å². The van der Waals surface area contributed by atoms with E-state index >= 15 is 0 Å². The van der Waals surface area contributed by atoms with E-state index in [1.54, 1.807) is 4.90 Å². The minimum absolute atomic E-state index is 0.0628. The molecule has 4 N–H and O–H groups in total. The van der Waals surface area contributed by atoms with Crippen LogP contribution >= 0.6 is 0 Å². The van der Waals surface area contributed by atoms with Crippen molar-refractivity contribution in [2.24, 2.45) is 5.73 Å². The first-order chi connectivity index (χ1) is 14.8. The number of unbranched alkanes of at least 4 members (excludes halogenated alkanes) is 4. The van der Waals surface area contributed by atoms with Gasteiger partial charge in [-0.05, 0) is 56.8 Å². The molecule has 3 rings (SSSR count). The summed E-state index contributed by atoms with van der Waals surface area (Å²) < 4.78 is 0. The summed E-state index contributed by atoms with van der Waals surface area (Å²) in [6.45, 7) is 6.23. The zero-order chi connectivity index (χ0) is 22.4. The van der Waals surface area contributed by atoms with E-state index in [4.69, 9.17) is 5.73 Å². The topological polar surface area (TPSA) is 105 Å². The van der Waals surface area contributed by atoms with Gasteiger partial charge in [-0.3, -0.25) is 19.7 Å². The SMILES string of the molecule is CC(C)(N)CCCCCCCNCc1cccc2c1CN(C1CCC(=O)NC1=O)C2=O. The zero-order valence-corrected chi connectivity index (χ0v) is 18.8. The van der Waals surface area contributed by atoms with Gasteiger partial charge in [-0.15, -0.1) is 0 Å². The number of hydrogen-bond acceptors (Lipinski definition) is 5. The van der Waals surface area contributed by atoms with E-state index in [2.05, 4.69) is 24.5 Å². The molecular weight excluding hydrogens is 392 g/mol. The highest BCUT2D eigenvalue weighted by Crippen LogP contribution is 2.29. The molecule has 2 aliphatic heterocycles. The molecule has 1 saturated heterocycles. The lowest BCUT2D eigenvalue weighted by Crippen LogP contribution is -2.52. The van der Waals surface area contributed by atoms with E-state index < -0.39 is 6.04 Å².